The summed E-state index contributed by atoms with van der Waals surface area (Å²) < 4.78 is 16.5. The Balaban J connectivity index is 1.37. The molecule has 1 aromatic carbocycles. The van der Waals surface area contributed by atoms with Crippen LogP contribution in [0.1, 0.15) is 48.3 Å². The zero-order valence-electron chi connectivity index (χ0n) is 19.0. The highest BCUT2D eigenvalue weighted by Crippen LogP contribution is 2.47. The molecule has 5 rings (SSSR count). The quantitative estimate of drug-likeness (QED) is 0.537. The van der Waals surface area contributed by atoms with E-state index in [-0.39, 0.29) is 11.3 Å². The van der Waals surface area contributed by atoms with Gasteiger partial charge in [0.25, 0.3) is 11.8 Å². The maximum atomic E-state index is 13.4. The number of amides is 1. The van der Waals surface area contributed by atoms with E-state index in [1.807, 2.05) is 23.1 Å². The second-order valence-electron chi connectivity index (χ2n) is 8.93. The monoisotopic (exact) mass is 448 g/mol. The van der Waals surface area contributed by atoms with E-state index in [1.165, 1.54) is 12.8 Å². The van der Waals surface area contributed by atoms with E-state index in [4.69, 9.17) is 19.0 Å². The first-order valence-corrected chi connectivity index (χ1v) is 11.4. The van der Waals surface area contributed by atoms with Crippen LogP contribution in [0.5, 0.6) is 11.5 Å². The molecule has 0 spiro atoms. The Hall–Kier alpha value is -3.42. The number of hydrogen-bond acceptors (Lipinski definition) is 7. The van der Waals surface area contributed by atoms with Crippen LogP contribution in [-0.4, -0.2) is 53.2 Å². The molecule has 0 N–H and O–H groups in total. The van der Waals surface area contributed by atoms with Gasteiger partial charge in [-0.05, 0) is 49.4 Å². The van der Waals surface area contributed by atoms with E-state index in [9.17, 15) is 4.79 Å². The predicted octanol–water partition coefficient (Wildman–Crippen LogP) is 4.12. The lowest BCUT2D eigenvalue weighted by Crippen LogP contribution is -2.46. The van der Waals surface area contributed by atoms with Gasteiger partial charge in [-0.15, -0.1) is 0 Å². The molecule has 2 aromatic heterocycles. The van der Waals surface area contributed by atoms with Gasteiger partial charge in [0.05, 0.1) is 25.3 Å². The van der Waals surface area contributed by atoms with E-state index >= 15 is 0 Å². The average molecular weight is 449 g/mol. The number of para-hydroxylation sites is 1. The van der Waals surface area contributed by atoms with Gasteiger partial charge < -0.3 is 18.9 Å². The summed E-state index contributed by atoms with van der Waals surface area (Å²) in [5, 5.41) is 4.39. The van der Waals surface area contributed by atoms with Crippen LogP contribution in [-0.2, 0) is 5.41 Å². The van der Waals surface area contributed by atoms with Crippen LogP contribution in [0, 0.1) is 5.92 Å². The molecule has 3 aromatic rings. The van der Waals surface area contributed by atoms with Gasteiger partial charge in [-0.25, -0.2) is 0 Å². The third-order valence-electron chi connectivity index (χ3n) is 6.83. The minimum Gasteiger partial charge on any atom is -0.493 e. The van der Waals surface area contributed by atoms with Crippen molar-refractivity contribution in [3.63, 3.8) is 0 Å². The van der Waals surface area contributed by atoms with E-state index in [0.717, 1.165) is 30.7 Å². The highest BCUT2D eigenvalue weighted by Gasteiger charge is 2.45. The fourth-order valence-corrected chi connectivity index (χ4v) is 4.80. The Morgan fingerprint density at radius 3 is 2.64 bits per heavy atom. The van der Waals surface area contributed by atoms with Gasteiger partial charge >= 0.3 is 0 Å². The van der Waals surface area contributed by atoms with Crippen molar-refractivity contribution in [2.45, 2.75) is 37.5 Å². The van der Waals surface area contributed by atoms with Crippen LogP contribution in [0.2, 0.25) is 0 Å². The molecule has 0 radical (unpaired) electrons. The maximum absolute atomic E-state index is 13.4. The van der Waals surface area contributed by atoms with Crippen LogP contribution in [0.25, 0.3) is 11.5 Å². The van der Waals surface area contributed by atoms with Gasteiger partial charge in [0, 0.05) is 30.9 Å². The minimum atomic E-state index is -0.180. The highest BCUT2D eigenvalue weighted by atomic mass is 16.5. The second kappa shape index (κ2) is 8.84. The van der Waals surface area contributed by atoms with Crippen molar-refractivity contribution in [2.75, 3.05) is 27.3 Å². The molecule has 2 fully saturated rings. The van der Waals surface area contributed by atoms with Crippen molar-refractivity contribution in [1.82, 2.24) is 20.0 Å². The number of piperidine rings is 1. The number of carbonyl (C=O) groups excluding carboxylic acids is 1. The Bertz CT molecular complexity index is 1120. The SMILES string of the molecule is COc1cccc(C(=O)N2CCC(CC3CC3)(c3noc(-c4cccnc4)n3)CC2)c1OC. The summed E-state index contributed by atoms with van der Waals surface area (Å²) in [6, 6.07) is 9.17. The van der Waals surface area contributed by atoms with E-state index in [1.54, 1.807) is 38.7 Å². The van der Waals surface area contributed by atoms with Crippen LogP contribution in [0.3, 0.4) is 0 Å². The summed E-state index contributed by atoms with van der Waals surface area (Å²) >= 11 is 0. The zero-order chi connectivity index (χ0) is 22.8. The second-order valence-corrected chi connectivity index (χ2v) is 8.93. The van der Waals surface area contributed by atoms with Gasteiger partial charge in [-0.3, -0.25) is 9.78 Å². The number of rotatable bonds is 7. The number of hydrogen-bond donors (Lipinski definition) is 0. The number of ether oxygens (including phenoxy) is 2. The zero-order valence-corrected chi connectivity index (χ0v) is 19.0. The number of nitrogens with zero attached hydrogens (tertiary/aromatic N) is 4. The molecule has 1 amide bonds. The Morgan fingerprint density at radius 2 is 1.97 bits per heavy atom. The third kappa shape index (κ3) is 4.17. The van der Waals surface area contributed by atoms with Gasteiger partial charge in [0.2, 0.25) is 0 Å². The van der Waals surface area contributed by atoms with Crippen LogP contribution in [0.4, 0.5) is 0 Å². The molecule has 1 saturated carbocycles. The summed E-state index contributed by atoms with van der Waals surface area (Å²) in [6.07, 6.45) is 8.58. The molecular weight excluding hydrogens is 420 g/mol. The van der Waals surface area contributed by atoms with E-state index in [0.29, 0.717) is 42.0 Å². The molecule has 8 heteroatoms. The lowest BCUT2D eigenvalue weighted by atomic mass is 9.73. The van der Waals surface area contributed by atoms with Crippen molar-refractivity contribution in [1.29, 1.82) is 0 Å². The highest BCUT2D eigenvalue weighted by molar-refractivity contribution is 5.98. The van der Waals surface area contributed by atoms with Gasteiger partial charge in [-0.1, -0.05) is 24.1 Å². The van der Waals surface area contributed by atoms with Gasteiger partial charge in [0.15, 0.2) is 17.3 Å². The summed E-state index contributed by atoms with van der Waals surface area (Å²) in [5.41, 5.74) is 1.15. The lowest BCUT2D eigenvalue weighted by Gasteiger charge is -2.40. The number of methoxy groups -OCH3 is 2. The number of benzene rings is 1. The summed E-state index contributed by atoms with van der Waals surface area (Å²) in [7, 11) is 3.13. The molecule has 1 aliphatic carbocycles. The molecule has 2 aliphatic rings. The Morgan fingerprint density at radius 1 is 1.15 bits per heavy atom. The van der Waals surface area contributed by atoms with Crippen molar-refractivity contribution in [3.8, 4) is 23.0 Å². The standard InChI is InChI=1S/C25H28N4O4/c1-31-20-7-3-6-19(21(20)32-2)23(30)29-13-10-25(11-14-29,15-17-8-9-17)24-27-22(33-28-24)18-5-4-12-26-16-18/h3-7,12,16-17H,8-11,13-15H2,1-2H3. The van der Waals surface area contributed by atoms with Crippen molar-refractivity contribution >= 4 is 5.91 Å². The van der Waals surface area contributed by atoms with Crippen LogP contribution < -0.4 is 9.47 Å². The Labute approximate surface area is 192 Å². The van der Waals surface area contributed by atoms with Gasteiger partial charge in [0.1, 0.15) is 0 Å². The third-order valence-corrected chi connectivity index (χ3v) is 6.83. The number of aromatic nitrogens is 3. The molecule has 8 nitrogen and oxygen atoms in total. The molecule has 1 aliphatic heterocycles. The summed E-state index contributed by atoms with van der Waals surface area (Å²) in [4.78, 5) is 24.2. The smallest absolute Gasteiger partial charge is 0.259 e. The Kier molecular flexibility index (Phi) is 5.74. The average Bonchev–Trinajstić information content (AvgIpc) is 3.53. The molecular formula is C25H28N4O4. The van der Waals surface area contributed by atoms with Crippen molar-refractivity contribution < 1.29 is 18.8 Å². The molecule has 33 heavy (non-hydrogen) atoms. The molecule has 172 valence electrons. The molecule has 0 atom stereocenters. The van der Waals surface area contributed by atoms with Crippen molar-refractivity contribution in [2.24, 2.45) is 5.92 Å². The fourth-order valence-electron chi connectivity index (χ4n) is 4.80. The van der Waals surface area contributed by atoms with Crippen LogP contribution >= 0.6 is 0 Å². The minimum absolute atomic E-state index is 0.0464. The predicted molar refractivity (Wildman–Crippen MR) is 121 cm³/mol. The van der Waals surface area contributed by atoms with Crippen LogP contribution in [0.15, 0.2) is 47.2 Å². The molecule has 0 bridgehead atoms. The first kappa shape index (κ1) is 21.4. The van der Waals surface area contributed by atoms with E-state index in [2.05, 4.69) is 10.1 Å². The fraction of sp³-hybridized carbons (Fsp3) is 0.440. The first-order chi connectivity index (χ1) is 16.1. The lowest BCUT2D eigenvalue weighted by molar-refractivity contribution is 0.0641. The topological polar surface area (TPSA) is 90.6 Å². The number of likely N-dealkylation sites (tertiary alicyclic amines) is 1. The molecule has 3 heterocycles. The van der Waals surface area contributed by atoms with Gasteiger partial charge in [-0.2, -0.15) is 4.98 Å². The first-order valence-electron chi connectivity index (χ1n) is 11.4. The number of pyridine rings is 1. The van der Waals surface area contributed by atoms with E-state index < -0.39 is 0 Å². The molecule has 0 unspecified atom stereocenters. The summed E-state index contributed by atoms with van der Waals surface area (Å²) in [6.45, 7) is 1.26. The maximum Gasteiger partial charge on any atom is 0.259 e. The summed E-state index contributed by atoms with van der Waals surface area (Å²) in [5.74, 6) is 2.92. The number of carbonyl (C=O) groups is 1. The largest absolute Gasteiger partial charge is 0.493 e. The van der Waals surface area contributed by atoms with Crippen molar-refractivity contribution in [3.05, 3.63) is 54.1 Å². The molecule has 1 saturated heterocycles. The normalized spacial score (nSPS) is 17.6.